The summed E-state index contributed by atoms with van der Waals surface area (Å²) in [5.41, 5.74) is 1.10. The molecule has 128 valence electrons. The summed E-state index contributed by atoms with van der Waals surface area (Å²) in [6.07, 6.45) is 0.00879. The number of urea groups is 1. The van der Waals surface area contributed by atoms with E-state index >= 15 is 0 Å². The zero-order valence-corrected chi connectivity index (χ0v) is 14.3. The second-order valence-corrected chi connectivity index (χ2v) is 5.31. The van der Waals surface area contributed by atoms with Crippen molar-refractivity contribution in [2.24, 2.45) is 0 Å². The van der Waals surface area contributed by atoms with E-state index in [1.54, 1.807) is 31.4 Å². The highest BCUT2D eigenvalue weighted by atomic mass is 16.5. The van der Waals surface area contributed by atoms with E-state index in [4.69, 9.17) is 14.2 Å². The third-order valence-electron chi connectivity index (χ3n) is 3.15. The normalized spacial score (nSPS) is 10.2. The molecule has 0 unspecified atom stereocenters. The first kappa shape index (κ1) is 17.5. The highest BCUT2D eigenvalue weighted by Crippen LogP contribution is 2.30. The summed E-state index contributed by atoms with van der Waals surface area (Å²) in [6, 6.07) is 12.0. The van der Waals surface area contributed by atoms with Crippen molar-refractivity contribution in [1.29, 1.82) is 0 Å². The first-order valence-electron chi connectivity index (χ1n) is 7.59. The average molecular weight is 330 g/mol. The molecule has 0 heterocycles. The van der Waals surface area contributed by atoms with Gasteiger partial charge in [0.2, 0.25) is 0 Å². The standard InChI is InChI=1S/C18H22N2O4/c1-12(2)24-17-8-6-5-7-14(17)19-18(21)20-15-11-13(22-3)9-10-16(15)23-4/h5-12H,1-4H3,(H2,19,20,21). The number of hydrogen-bond donors (Lipinski definition) is 2. The highest BCUT2D eigenvalue weighted by Gasteiger charge is 2.12. The number of ether oxygens (including phenoxy) is 3. The van der Waals surface area contributed by atoms with E-state index in [9.17, 15) is 4.79 Å². The quantitative estimate of drug-likeness (QED) is 0.835. The van der Waals surface area contributed by atoms with Gasteiger partial charge in [0.25, 0.3) is 0 Å². The van der Waals surface area contributed by atoms with Gasteiger partial charge in [-0.05, 0) is 38.1 Å². The van der Waals surface area contributed by atoms with Crippen molar-refractivity contribution < 1.29 is 19.0 Å². The van der Waals surface area contributed by atoms with Gasteiger partial charge in [0.1, 0.15) is 17.2 Å². The first-order valence-corrected chi connectivity index (χ1v) is 7.59. The van der Waals surface area contributed by atoms with Gasteiger partial charge in [-0.3, -0.25) is 0 Å². The van der Waals surface area contributed by atoms with Gasteiger partial charge in [-0.2, -0.15) is 0 Å². The van der Waals surface area contributed by atoms with Crippen LogP contribution in [0.3, 0.4) is 0 Å². The Hall–Kier alpha value is -2.89. The van der Waals surface area contributed by atoms with Gasteiger partial charge < -0.3 is 24.8 Å². The largest absolute Gasteiger partial charge is 0.497 e. The van der Waals surface area contributed by atoms with Crippen molar-refractivity contribution in [1.82, 2.24) is 0 Å². The minimum atomic E-state index is -0.402. The summed E-state index contributed by atoms with van der Waals surface area (Å²) in [6.45, 7) is 3.86. The highest BCUT2D eigenvalue weighted by molar-refractivity contribution is 6.01. The minimum Gasteiger partial charge on any atom is -0.497 e. The topological polar surface area (TPSA) is 68.8 Å². The lowest BCUT2D eigenvalue weighted by molar-refractivity contribution is 0.243. The number of nitrogens with one attached hydrogen (secondary N) is 2. The second kappa shape index (κ2) is 8.10. The Balaban J connectivity index is 2.14. The minimum absolute atomic E-state index is 0.00879. The maximum absolute atomic E-state index is 12.3. The predicted molar refractivity (Wildman–Crippen MR) is 94.4 cm³/mol. The monoisotopic (exact) mass is 330 g/mol. The molecule has 2 aromatic carbocycles. The lowest BCUT2D eigenvalue weighted by atomic mass is 10.2. The van der Waals surface area contributed by atoms with Gasteiger partial charge >= 0.3 is 6.03 Å². The molecule has 0 radical (unpaired) electrons. The molecular weight excluding hydrogens is 308 g/mol. The summed E-state index contributed by atoms with van der Waals surface area (Å²) in [7, 11) is 3.10. The lowest BCUT2D eigenvalue weighted by Crippen LogP contribution is -2.20. The van der Waals surface area contributed by atoms with Gasteiger partial charge in [0, 0.05) is 6.07 Å². The molecule has 2 rings (SSSR count). The van der Waals surface area contributed by atoms with Crippen molar-refractivity contribution in [2.75, 3.05) is 24.9 Å². The maximum atomic E-state index is 12.3. The van der Waals surface area contributed by atoms with Gasteiger partial charge in [-0.25, -0.2) is 4.79 Å². The van der Waals surface area contributed by atoms with Crippen LogP contribution in [-0.2, 0) is 0 Å². The van der Waals surface area contributed by atoms with E-state index in [0.29, 0.717) is 28.6 Å². The number of methoxy groups -OCH3 is 2. The summed E-state index contributed by atoms with van der Waals surface area (Å²) >= 11 is 0. The third kappa shape index (κ3) is 4.55. The summed E-state index contributed by atoms with van der Waals surface area (Å²) < 4.78 is 16.1. The molecule has 0 saturated heterocycles. The molecule has 0 aliphatic carbocycles. The van der Waals surface area contributed by atoms with Crippen LogP contribution < -0.4 is 24.8 Å². The van der Waals surface area contributed by atoms with Crippen LogP contribution in [0.5, 0.6) is 17.2 Å². The van der Waals surface area contributed by atoms with Crippen LogP contribution in [0.1, 0.15) is 13.8 Å². The molecule has 0 bridgehead atoms. The van der Waals surface area contributed by atoms with Crippen LogP contribution in [0.15, 0.2) is 42.5 Å². The van der Waals surface area contributed by atoms with Crippen molar-refractivity contribution in [3.8, 4) is 17.2 Å². The Morgan fingerprint density at radius 2 is 1.62 bits per heavy atom. The number of benzene rings is 2. The SMILES string of the molecule is COc1ccc(OC)c(NC(=O)Nc2ccccc2OC(C)C)c1. The number of carbonyl (C=O) groups excluding carboxylic acids is 1. The molecule has 2 N–H and O–H groups in total. The number of hydrogen-bond acceptors (Lipinski definition) is 4. The average Bonchev–Trinajstić information content (AvgIpc) is 2.56. The fourth-order valence-electron chi connectivity index (χ4n) is 2.11. The van der Waals surface area contributed by atoms with Crippen LogP contribution >= 0.6 is 0 Å². The molecule has 0 aromatic heterocycles. The Kier molecular flexibility index (Phi) is 5.89. The summed E-state index contributed by atoms with van der Waals surface area (Å²) in [5.74, 6) is 1.77. The van der Waals surface area contributed by atoms with E-state index in [0.717, 1.165) is 0 Å². The Morgan fingerprint density at radius 3 is 2.29 bits per heavy atom. The van der Waals surface area contributed by atoms with Crippen LogP contribution in [0.25, 0.3) is 0 Å². The van der Waals surface area contributed by atoms with Crippen LogP contribution in [0.4, 0.5) is 16.2 Å². The van der Waals surface area contributed by atoms with E-state index in [-0.39, 0.29) is 6.10 Å². The number of amides is 2. The number of rotatable bonds is 6. The van der Waals surface area contributed by atoms with Crippen LogP contribution in [0, 0.1) is 0 Å². The predicted octanol–water partition coefficient (Wildman–Crippen LogP) is 4.14. The number of anilines is 2. The molecule has 2 amide bonds. The van der Waals surface area contributed by atoms with E-state index in [1.807, 2.05) is 32.0 Å². The second-order valence-electron chi connectivity index (χ2n) is 5.31. The molecule has 0 aliphatic heterocycles. The Morgan fingerprint density at radius 1 is 0.917 bits per heavy atom. The fourth-order valence-corrected chi connectivity index (χ4v) is 2.11. The van der Waals surface area contributed by atoms with E-state index < -0.39 is 6.03 Å². The first-order chi connectivity index (χ1) is 11.5. The maximum Gasteiger partial charge on any atom is 0.323 e. The smallest absolute Gasteiger partial charge is 0.323 e. The third-order valence-corrected chi connectivity index (χ3v) is 3.15. The molecule has 6 nitrogen and oxygen atoms in total. The molecule has 6 heteroatoms. The van der Waals surface area contributed by atoms with Crippen molar-refractivity contribution in [3.63, 3.8) is 0 Å². The fraction of sp³-hybridized carbons (Fsp3) is 0.278. The Bertz CT molecular complexity index is 701. The van der Waals surface area contributed by atoms with Crippen molar-refractivity contribution in [2.45, 2.75) is 20.0 Å². The van der Waals surface area contributed by atoms with Crippen LogP contribution in [0.2, 0.25) is 0 Å². The summed E-state index contributed by atoms with van der Waals surface area (Å²) in [5, 5.41) is 5.54. The number of carbonyl (C=O) groups is 1. The Labute approximate surface area is 141 Å². The molecule has 0 spiro atoms. The molecule has 0 saturated carbocycles. The molecule has 0 aliphatic rings. The van der Waals surface area contributed by atoms with E-state index in [1.165, 1.54) is 7.11 Å². The molecule has 0 atom stereocenters. The molecule has 24 heavy (non-hydrogen) atoms. The molecule has 2 aromatic rings. The van der Waals surface area contributed by atoms with Gasteiger partial charge in [-0.15, -0.1) is 0 Å². The van der Waals surface area contributed by atoms with Gasteiger partial charge in [0.05, 0.1) is 31.7 Å². The van der Waals surface area contributed by atoms with E-state index in [2.05, 4.69) is 10.6 Å². The zero-order valence-electron chi connectivity index (χ0n) is 14.3. The summed E-state index contributed by atoms with van der Waals surface area (Å²) in [4.78, 5) is 12.3. The number of para-hydroxylation sites is 2. The molecular formula is C18H22N2O4. The van der Waals surface area contributed by atoms with Crippen molar-refractivity contribution in [3.05, 3.63) is 42.5 Å². The zero-order chi connectivity index (χ0) is 17.5. The lowest BCUT2D eigenvalue weighted by Gasteiger charge is -2.16. The van der Waals surface area contributed by atoms with Gasteiger partial charge in [0.15, 0.2) is 0 Å². The molecule has 0 fully saturated rings. The van der Waals surface area contributed by atoms with Crippen LogP contribution in [-0.4, -0.2) is 26.4 Å². The van der Waals surface area contributed by atoms with Gasteiger partial charge in [-0.1, -0.05) is 12.1 Å². The van der Waals surface area contributed by atoms with Crippen molar-refractivity contribution >= 4 is 17.4 Å².